The highest BCUT2D eigenvalue weighted by Gasteiger charge is 2.35. The number of carbonyl (C=O) groups is 1. The summed E-state index contributed by atoms with van der Waals surface area (Å²) in [5.41, 5.74) is 3.94. The standard InChI is InChI=1S/C23H23N5O3/c1-27-20(11-19(26-27)16-10-15(30-2)8-9-21(16)31-3)23(29)28-12-14(13-28)22-24-17-6-4-5-7-18(17)25-22/h4-11,14H,12-13H2,1-3H3,(H,24,25). The Balaban J connectivity index is 1.35. The Labute approximate surface area is 179 Å². The van der Waals surface area contributed by atoms with E-state index in [1.807, 2.05) is 47.4 Å². The van der Waals surface area contributed by atoms with Gasteiger partial charge in [0.25, 0.3) is 5.91 Å². The number of hydrogen-bond donors (Lipinski definition) is 1. The topological polar surface area (TPSA) is 85.3 Å². The highest BCUT2D eigenvalue weighted by molar-refractivity contribution is 5.94. The van der Waals surface area contributed by atoms with Gasteiger partial charge in [-0.15, -0.1) is 0 Å². The van der Waals surface area contributed by atoms with Gasteiger partial charge >= 0.3 is 0 Å². The first-order valence-corrected chi connectivity index (χ1v) is 10.1. The number of methoxy groups -OCH3 is 2. The molecule has 0 spiro atoms. The number of aromatic nitrogens is 4. The fourth-order valence-corrected chi connectivity index (χ4v) is 3.96. The lowest BCUT2D eigenvalue weighted by atomic mass is 9.99. The Kier molecular flexibility index (Phi) is 4.62. The number of likely N-dealkylation sites (tertiary alicyclic amines) is 1. The lowest BCUT2D eigenvalue weighted by Crippen LogP contribution is -2.49. The number of nitrogens with one attached hydrogen (secondary N) is 1. The molecule has 0 saturated carbocycles. The predicted molar refractivity (Wildman–Crippen MR) is 116 cm³/mol. The fourth-order valence-electron chi connectivity index (χ4n) is 3.96. The monoisotopic (exact) mass is 417 g/mol. The van der Waals surface area contributed by atoms with Gasteiger partial charge in [-0.2, -0.15) is 5.10 Å². The summed E-state index contributed by atoms with van der Waals surface area (Å²) in [5, 5.41) is 4.55. The van der Waals surface area contributed by atoms with Crippen LogP contribution in [0.5, 0.6) is 11.5 Å². The van der Waals surface area contributed by atoms with Gasteiger partial charge in [-0.1, -0.05) is 12.1 Å². The molecule has 1 fully saturated rings. The molecule has 0 atom stereocenters. The van der Waals surface area contributed by atoms with Crippen LogP contribution in [0.1, 0.15) is 22.2 Å². The van der Waals surface area contributed by atoms with Crippen molar-refractivity contribution in [2.24, 2.45) is 7.05 Å². The molecule has 158 valence electrons. The minimum absolute atomic E-state index is 0.0459. The van der Waals surface area contributed by atoms with Crippen molar-refractivity contribution in [1.82, 2.24) is 24.6 Å². The molecule has 3 heterocycles. The van der Waals surface area contributed by atoms with Gasteiger partial charge in [0.05, 0.1) is 36.9 Å². The quantitative estimate of drug-likeness (QED) is 0.539. The highest BCUT2D eigenvalue weighted by Crippen LogP contribution is 2.34. The number of benzene rings is 2. The van der Waals surface area contributed by atoms with Crippen molar-refractivity contribution < 1.29 is 14.3 Å². The number of nitrogens with zero attached hydrogens (tertiary/aromatic N) is 4. The summed E-state index contributed by atoms with van der Waals surface area (Å²) in [7, 11) is 5.00. The molecule has 0 unspecified atom stereocenters. The van der Waals surface area contributed by atoms with Gasteiger partial charge in [0.2, 0.25) is 0 Å². The average Bonchev–Trinajstić information content (AvgIpc) is 3.35. The summed E-state index contributed by atoms with van der Waals surface area (Å²) in [6.45, 7) is 1.25. The summed E-state index contributed by atoms with van der Waals surface area (Å²) < 4.78 is 12.4. The molecule has 2 aromatic heterocycles. The lowest BCUT2D eigenvalue weighted by Gasteiger charge is -2.38. The van der Waals surface area contributed by atoms with Gasteiger partial charge < -0.3 is 19.4 Å². The van der Waals surface area contributed by atoms with Gasteiger partial charge in [-0.25, -0.2) is 4.98 Å². The Hall–Kier alpha value is -3.81. The van der Waals surface area contributed by atoms with Crippen LogP contribution < -0.4 is 9.47 Å². The molecule has 0 bridgehead atoms. The van der Waals surface area contributed by atoms with Gasteiger partial charge in [-0.05, 0) is 36.4 Å². The number of imidazole rings is 1. The van der Waals surface area contributed by atoms with Crippen molar-refractivity contribution in [2.45, 2.75) is 5.92 Å². The molecule has 1 aliphatic rings. The second kappa shape index (κ2) is 7.46. The molecule has 1 N–H and O–H groups in total. The van der Waals surface area contributed by atoms with Crippen molar-refractivity contribution in [3.8, 4) is 22.8 Å². The average molecular weight is 417 g/mol. The van der Waals surface area contributed by atoms with Crippen LogP contribution in [0.4, 0.5) is 0 Å². The Morgan fingerprint density at radius 2 is 1.90 bits per heavy atom. The summed E-state index contributed by atoms with van der Waals surface area (Å²) in [5.74, 6) is 2.47. The van der Waals surface area contributed by atoms with Crippen LogP contribution in [0.25, 0.3) is 22.3 Å². The van der Waals surface area contributed by atoms with E-state index in [0.29, 0.717) is 36.0 Å². The molecular weight excluding hydrogens is 394 g/mol. The normalized spacial score (nSPS) is 14.0. The third kappa shape index (κ3) is 3.30. The second-order valence-electron chi connectivity index (χ2n) is 7.65. The first-order chi connectivity index (χ1) is 15.1. The van der Waals surface area contributed by atoms with E-state index in [1.54, 1.807) is 32.0 Å². The zero-order valence-electron chi connectivity index (χ0n) is 17.6. The molecule has 2 aromatic carbocycles. The number of aromatic amines is 1. The number of H-pyrrole nitrogens is 1. The van der Waals surface area contributed by atoms with Crippen molar-refractivity contribution in [2.75, 3.05) is 27.3 Å². The fraction of sp³-hybridized carbons (Fsp3) is 0.261. The van der Waals surface area contributed by atoms with Crippen LogP contribution in [0.3, 0.4) is 0 Å². The SMILES string of the molecule is COc1ccc(OC)c(-c2cc(C(=O)N3CC(c4nc5ccccc5[nH]4)C3)n(C)n2)c1. The molecule has 31 heavy (non-hydrogen) atoms. The third-order valence-corrected chi connectivity index (χ3v) is 5.74. The summed E-state index contributed by atoms with van der Waals surface area (Å²) in [4.78, 5) is 22.9. The molecule has 4 aromatic rings. The molecule has 8 heteroatoms. The van der Waals surface area contributed by atoms with Gasteiger partial charge in [0.15, 0.2) is 0 Å². The first kappa shape index (κ1) is 19.2. The minimum atomic E-state index is -0.0459. The molecule has 1 saturated heterocycles. The number of fused-ring (bicyclic) bond motifs is 1. The van der Waals surface area contributed by atoms with E-state index in [9.17, 15) is 4.79 Å². The lowest BCUT2D eigenvalue weighted by molar-refractivity contribution is 0.0584. The number of para-hydroxylation sites is 2. The molecular formula is C23H23N5O3. The summed E-state index contributed by atoms with van der Waals surface area (Å²) in [6, 6.07) is 15.3. The Morgan fingerprint density at radius 3 is 2.65 bits per heavy atom. The first-order valence-electron chi connectivity index (χ1n) is 10.1. The molecule has 8 nitrogen and oxygen atoms in total. The number of ether oxygens (including phenoxy) is 2. The van der Waals surface area contributed by atoms with Crippen molar-refractivity contribution >= 4 is 16.9 Å². The van der Waals surface area contributed by atoms with Gasteiger partial charge in [-0.3, -0.25) is 9.48 Å². The number of aryl methyl sites for hydroxylation is 1. The predicted octanol–water partition coefficient (Wildman–Crippen LogP) is 3.22. The third-order valence-electron chi connectivity index (χ3n) is 5.74. The number of amides is 1. The molecule has 0 aliphatic carbocycles. The van der Waals surface area contributed by atoms with E-state index in [2.05, 4.69) is 15.1 Å². The Bertz CT molecular complexity index is 1240. The van der Waals surface area contributed by atoms with Crippen LogP contribution in [0, 0.1) is 0 Å². The maximum atomic E-state index is 13.1. The number of rotatable bonds is 5. The van der Waals surface area contributed by atoms with Crippen LogP contribution in [-0.4, -0.2) is 57.9 Å². The zero-order valence-corrected chi connectivity index (χ0v) is 17.6. The number of carbonyl (C=O) groups excluding carboxylic acids is 1. The summed E-state index contributed by atoms with van der Waals surface area (Å²) in [6.07, 6.45) is 0. The van der Waals surface area contributed by atoms with E-state index in [0.717, 1.165) is 22.4 Å². The summed E-state index contributed by atoms with van der Waals surface area (Å²) >= 11 is 0. The van der Waals surface area contributed by atoms with E-state index >= 15 is 0 Å². The second-order valence-corrected chi connectivity index (χ2v) is 7.65. The van der Waals surface area contributed by atoms with E-state index in [-0.39, 0.29) is 11.8 Å². The van der Waals surface area contributed by atoms with Gasteiger partial charge in [0, 0.05) is 25.7 Å². The van der Waals surface area contributed by atoms with Crippen molar-refractivity contribution in [3.05, 3.63) is 60.0 Å². The van der Waals surface area contributed by atoms with Crippen LogP contribution >= 0.6 is 0 Å². The molecule has 5 rings (SSSR count). The minimum Gasteiger partial charge on any atom is -0.497 e. The van der Waals surface area contributed by atoms with Crippen LogP contribution in [0.2, 0.25) is 0 Å². The van der Waals surface area contributed by atoms with Gasteiger partial charge in [0.1, 0.15) is 23.0 Å². The molecule has 1 aliphatic heterocycles. The smallest absolute Gasteiger partial charge is 0.272 e. The Morgan fingerprint density at radius 1 is 1.10 bits per heavy atom. The molecule has 1 amide bonds. The maximum absolute atomic E-state index is 13.1. The van der Waals surface area contributed by atoms with Crippen LogP contribution in [-0.2, 0) is 7.05 Å². The largest absolute Gasteiger partial charge is 0.497 e. The van der Waals surface area contributed by atoms with Crippen LogP contribution in [0.15, 0.2) is 48.5 Å². The van der Waals surface area contributed by atoms with Crippen molar-refractivity contribution in [1.29, 1.82) is 0 Å². The van der Waals surface area contributed by atoms with E-state index < -0.39 is 0 Å². The van der Waals surface area contributed by atoms with E-state index in [1.165, 1.54) is 0 Å². The molecule has 0 radical (unpaired) electrons. The maximum Gasteiger partial charge on any atom is 0.272 e. The zero-order chi connectivity index (χ0) is 21.5. The van der Waals surface area contributed by atoms with Crippen molar-refractivity contribution in [3.63, 3.8) is 0 Å². The number of hydrogen-bond acceptors (Lipinski definition) is 5. The van der Waals surface area contributed by atoms with E-state index in [4.69, 9.17) is 9.47 Å². The highest BCUT2D eigenvalue weighted by atomic mass is 16.5.